The van der Waals surface area contributed by atoms with E-state index in [-0.39, 0.29) is 11.9 Å². The van der Waals surface area contributed by atoms with Gasteiger partial charge >= 0.3 is 0 Å². The van der Waals surface area contributed by atoms with Gasteiger partial charge in [0.15, 0.2) is 0 Å². The Kier molecular flexibility index (Phi) is 3.55. The number of carbonyl (C=O) groups is 1. The summed E-state index contributed by atoms with van der Waals surface area (Å²) < 4.78 is 0. The highest BCUT2D eigenvalue weighted by atomic mass is 16.1. The number of nitrogens with one attached hydrogen (secondary N) is 1. The van der Waals surface area contributed by atoms with E-state index in [1.165, 1.54) is 6.20 Å². The van der Waals surface area contributed by atoms with Crippen LogP contribution in [0, 0.1) is 0 Å². The number of para-hydroxylation sites is 2. The lowest BCUT2D eigenvalue weighted by molar-refractivity contribution is 0.0935. The van der Waals surface area contributed by atoms with Crippen LogP contribution in [0.2, 0.25) is 0 Å². The number of pyridine rings is 1. The molecule has 21 heavy (non-hydrogen) atoms. The fourth-order valence-electron chi connectivity index (χ4n) is 2.07. The average molecular weight is 278 g/mol. The molecule has 0 bridgehead atoms. The van der Waals surface area contributed by atoms with Crippen LogP contribution >= 0.6 is 0 Å². The lowest BCUT2D eigenvalue weighted by Crippen LogP contribution is -2.27. The Labute approximate surface area is 122 Å². The zero-order valence-electron chi connectivity index (χ0n) is 11.5. The van der Waals surface area contributed by atoms with E-state index in [9.17, 15) is 4.79 Å². The second-order valence-electron chi connectivity index (χ2n) is 4.72. The SMILES string of the molecule is CC(NC(=O)c1cnc2ccccc2n1)c1ccncc1. The maximum atomic E-state index is 12.2. The summed E-state index contributed by atoms with van der Waals surface area (Å²) in [5.74, 6) is -0.238. The van der Waals surface area contributed by atoms with E-state index in [1.54, 1.807) is 12.4 Å². The summed E-state index contributed by atoms with van der Waals surface area (Å²) >= 11 is 0. The van der Waals surface area contributed by atoms with Crippen molar-refractivity contribution in [2.75, 3.05) is 0 Å². The van der Waals surface area contributed by atoms with Gasteiger partial charge in [-0.15, -0.1) is 0 Å². The van der Waals surface area contributed by atoms with Crippen molar-refractivity contribution in [1.82, 2.24) is 20.3 Å². The molecule has 0 saturated heterocycles. The molecule has 1 amide bonds. The molecule has 1 N–H and O–H groups in total. The Morgan fingerprint density at radius 3 is 2.57 bits per heavy atom. The van der Waals surface area contributed by atoms with Gasteiger partial charge in [0.05, 0.1) is 23.3 Å². The summed E-state index contributed by atoms with van der Waals surface area (Å²) in [6.45, 7) is 1.92. The van der Waals surface area contributed by atoms with Gasteiger partial charge in [-0.25, -0.2) is 4.98 Å². The van der Waals surface area contributed by atoms with Gasteiger partial charge < -0.3 is 5.32 Å². The zero-order chi connectivity index (χ0) is 14.7. The fourth-order valence-corrected chi connectivity index (χ4v) is 2.07. The van der Waals surface area contributed by atoms with Crippen LogP contribution in [0.5, 0.6) is 0 Å². The number of nitrogens with zero attached hydrogens (tertiary/aromatic N) is 3. The highest BCUT2D eigenvalue weighted by Gasteiger charge is 2.13. The van der Waals surface area contributed by atoms with Crippen LogP contribution in [0.3, 0.4) is 0 Å². The number of aromatic nitrogens is 3. The molecule has 5 nitrogen and oxygen atoms in total. The van der Waals surface area contributed by atoms with Crippen LogP contribution in [0.25, 0.3) is 11.0 Å². The Morgan fingerprint density at radius 2 is 1.81 bits per heavy atom. The fraction of sp³-hybridized carbons (Fsp3) is 0.125. The maximum Gasteiger partial charge on any atom is 0.271 e. The number of hydrogen-bond donors (Lipinski definition) is 1. The zero-order valence-corrected chi connectivity index (χ0v) is 11.5. The molecule has 0 aliphatic heterocycles. The quantitative estimate of drug-likeness (QED) is 0.799. The van der Waals surface area contributed by atoms with Gasteiger partial charge in [-0.05, 0) is 36.8 Å². The highest BCUT2D eigenvalue weighted by molar-refractivity contribution is 5.93. The molecule has 0 saturated carbocycles. The average Bonchev–Trinajstić information content (AvgIpc) is 2.55. The van der Waals surface area contributed by atoms with Crippen molar-refractivity contribution in [3.05, 3.63) is 66.2 Å². The molecule has 0 spiro atoms. The van der Waals surface area contributed by atoms with Crippen molar-refractivity contribution in [2.24, 2.45) is 0 Å². The van der Waals surface area contributed by atoms with E-state index < -0.39 is 0 Å². The van der Waals surface area contributed by atoms with Crippen molar-refractivity contribution >= 4 is 16.9 Å². The number of carbonyl (C=O) groups excluding carboxylic acids is 1. The standard InChI is InChI=1S/C16H14N4O/c1-11(12-6-8-17-9-7-12)19-16(21)15-10-18-13-4-2-3-5-14(13)20-15/h2-11H,1H3,(H,19,21). The first-order chi connectivity index (χ1) is 10.2. The first kappa shape index (κ1) is 13.2. The van der Waals surface area contributed by atoms with Crippen LogP contribution in [0.15, 0.2) is 55.0 Å². The third-order valence-corrected chi connectivity index (χ3v) is 3.23. The topological polar surface area (TPSA) is 67.8 Å². The minimum Gasteiger partial charge on any atom is -0.344 e. The Hall–Kier alpha value is -2.82. The predicted octanol–water partition coefficient (Wildman–Crippen LogP) is 2.52. The molecule has 0 fully saturated rings. The summed E-state index contributed by atoms with van der Waals surface area (Å²) in [5.41, 5.74) is 2.79. The van der Waals surface area contributed by atoms with E-state index in [4.69, 9.17) is 0 Å². The molecule has 5 heteroatoms. The molecule has 0 aliphatic rings. The molecule has 1 unspecified atom stereocenters. The lowest BCUT2D eigenvalue weighted by Gasteiger charge is -2.13. The van der Waals surface area contributed by atoms with E-state index in [2.05, 4.69) is 20.3 Å². The lowest BCUT2D eigenvalue weighted by atomic mass is 10.1. The number of rotatable bonds is 3. The second-order valence-corrected chi connectivity index (χ2v) is 4.72. The Bertz CT molecular complexity index is 773. The van der Waals surface area contributed by atoms with Gasteiger partial charge in [0, 0.05) is 12.4 Å². The third kappa shape index (κ3) is 2.86. The van der Waals surface area contributed by atoms with E-state index in [0.717, 1.165) is 11.1 Å². The second kappa shape index (κ2) is 5.66. The van der Waals surface area contributed by atoms with Gasteiger partial charge in [-0.2, -0.15) is 0 Å². The smallest absolute Gasteiger partial charge is 0.271 e. The number of hydrogen-bond acceptors (Lipinski definition) is 4. The molecular formula is C16H14N4O. The molecular weight excluding hydrogens is 264 g/mol. The van der Waals surface area contributed by atoms with Gasteiger partial charge in [-0.3, -0.25) is 14.8 Å². The molecule has 3 rings (SSSR count). The molecule has 3 aromatic rings. The van der Waals surface area contributed by atoms with E-state index >= 15 is 0 Å². The molecule has 2 heterocycles. The van der Waals surface area contributed by atoms with Crippen LogP contribution in [-0.2, 0) is 0 Å². The normalized spacial score (nSPS) is 12.0. The molecule has 1 aromatic carbocycles. The van der Waals surface area contributed by atoms with E-state index in [1.807, 2.05) is 43.3 Å². The first-order valence-corrected chi connectivity index (χ1v) is 6.66. The van der Waals surface area contributed by atoms with Crippen LogP contribution in [-0.4, -0.2) is 20.9 Å². The monoisotopic (exact) mass is 278 g/mol. The van der Waals surface area contributed by atoms with Crippen molar-refractivity contribution in [3.8, 4) is 0 Å². The minimum atomic E-state index is -0.238. The highest BCUT2D eigenvalue weighted by Crippen LogP contribution is 2.12. The van der Waals surface area contributed by atoms with Crippen molar-refractivity contribution in [2.45, 2.75) is 13.0 Å². The molecule has 0 radical (unpaired) electrons. The van der Waals surface area contributed by atoms with Crippen LogP contribution in [0.4, 0.5) is 0 Å². The van der Waals surface area contributed by atoms with Gasteiger partial charge in [-0.1, -0.05) is 12.1 Å². The number of fused-ring (bicyclic) bond motifs is 1. The largest absolute Gasteiger partial charge is 0.344 e. The maximum absolute atomic E-state index is 12.2. The Balaban J connectivity index is 1.80. The molecule has 1 atom stereocenters. The van der Waals surface area contributed by atoms with Crippen molar-refractivity contribution < 1.29 is 4.79 Å². The summed E-state index contributed by atoms with van der Waals surface area (Å²) in [5, 5.41) is 2.91. The molecule has 104 valence electrons. The Morgan fingerprint density at radius 1 is 1.10 bits per heavy atom. The summed E-state index contributed by atoms with van der Waals surface area (Å²) in [7, 11) is 0. The predicted molar refractivity (Wildman–Crippen MR) is 79.7 cm³/mol. The summed E-state index contributed by atoms with van der Waals surface area (Å²) in [4.78, 5) is 24.8. The van der Waals surface area contributed by atoms with E-state index in [0.29, 0.717) is 11.2 Å². The summed E-state index contributed by atoms with van der Waals surface area (Å²) in [6.07, 6.45) is 4.90. The molecule has 0 aliphatic carbocycles. The van der Waals surface area contributed by atoms with Gasteiger partial charge in [0.25, 0.3) is 5.91 Å². The molecule has 2 aromatic heterocycles. The minimum absolute atomic E-state index is 0.117. The van der Waals surface area contributed by atoms with Gasteiger partial charge in [0.1, 0.15) is 5.69 Å². The third-order valence-electron chi connectivity index (χ3n) is 3.23. The first-order valence-electron chi connectivity index (χ1n) is 6.66. The van der Waals surface area contributed by atoms with Gasteiger partial charge in [0.2, 0.25) is 0 Å². The van der Waals surface area contributed by atoms with Crippen molar-refractivity contribution in [1.29, 1.82) is 0 Å². The van der Waals surface area contributed by atoms with Crippen LogP contribution < -0.4 is 5.32 Å². The van der Waals surface area contributed by atoms with Crippen molar-refractivity contribution in [3.63, 3.8) is 0 Å². The number of amides is 1. The number of benzene rings is 1. The van der Waals surface area contributed by atoms with Crippen LogP contribution in [0.1, 0.15) is 29.0 Å². The summed E-state index contributed by atoms with van der Waals surface area (Å²) in [6, 6.07) is 11.1.